The summed E-state index contributed by atoms with van der Waals surface area (Å²) in [6, 6.07) is 2.44. The second-order valence-corrected chi connectivity index (χ2v) is 12.6. The van der Waals surface area contributed by atoms with Crippen LogP contribution in [0.25, 0.3) is 0 Å². The molecule has 1 unspecified atom stereocenters. The number of carbonyl (C=O) groups excluding carboxylic acids is 1. The van der Waals surface area contributed by atoms with Gasteiger partial charge in [0, 0.05) is 31.3 Å². The molecule has 40 heavy (non-hydrogen) atoms. The Bertz CT molecular complexity index is 1100. The van der Waals surface area contributed by atoms with E-state index in [-0.39, 0.29) is 52.9 Å². The molecule has 0 radical (unpaired) electrons. The Morgan fingerprint density at radius 2 is 1.77 bits per heavy atom. The lowest BCUT2D eigenvalue weighted by Gasteiger charge is -2.41. The number of amides is 1. The number of methoxy groups -OCH3 is 2. The van der Waals surface area contributed by atoms with E-state index in [0.717, 1.165) is 38.5 Å². The van der Waals surface area contributed by atoms with Crippen LogP contribution in [0, 0.1) is 29.0 Å². The molecule has 4 saturated carbocycles. The lowest BCUT2D eigenvalue weighted by atomic mass is 9.75. The minimum absolute atomic E-state index is 0.00632. The molecule has 0 saturated heterocycles. The minimum atomic E-state index is -1.20. The van der Waals surface area contributed by atoms with E-state index in [0.29, 0.717) is 37.8 Å². The van der Waals surface area contributed by atoms with Crippen molar-refractivity contribution in [3.8, 4) is 11.5 Å². The topological polar surface area (TPSA) is 126 Å². The number of aliphatic carboxylic acids is 1. The van der Waals surface area contributed by atoms with Crippen molar-refractivity contribution in [2.24, 2.45) is 23.2 Å². The first-order chi connectivity index (χ1) is 19.1. The summed E-state index contributed by atoms with van der Waals surface area (Å²) in [6.07, 6.45) is 6.26. The molecule has 2 bridgehead atoms. The molecule has 10 heteroatoms. The zero-order valence-electron chi connectivity index (χ0n) is 23.7. The van der Waals surface area contributed by atoms with Gasteiger partial charge in [-0.3, -0.25) is 14.9 Å². The lowest BCUT2D eigenvalue weighted by molar-refractivity contribution is -0.150. The van der Waals surface area contributed by atoms with Crippen LogP contribution in [-0.2, 0) is 14.3 Å². The number of carboxylic acid groups (broad SMARTS) is 1. The number of ether oxygens (including phenoxy) is 3. The van der Waals surface area contributed by atoms with Crippen LogP contribution >= 0.6 is 0 Å². The highest BCUT2D eigenvalue weighted by molar-refractivity contribution is 5.80. The Morgan fingerprint density at radius 1 is 1.07 bits per heavy atom. The van der Waals surface area contributed by atoms with Crippen molar-refractivity contribution in [3.63, 3.8) is 0 Å². The van der Waals surface area contributed by atoms with E-state index >= 15 is 0 Å². The van der Waals surface area contributed by atoms with Crippen molar-refractivity contribution in [3.05, 3.63) is 23.5 Å². The number of benzene rings is 1. The van der Waals surface area contributed by atoms with E-state index < -0.39 is 23.4 Å². The van der Waals surface area contributed by atoms with Crippen molar-refractivity contribution in [2.75, 3.05) is 20.8 Å². The summed E-state index contributed by atoms with van der Waals surface area (Å²) in [5.41, 5.74) is -0.729. The van der Waals surface area contributed by atoms with Gasteiger partial charge in [0.25, 0.3) is 0 Å². The van der Waals surface area contributed by atoms with Gasteiger partial charge in [0.1, 0.15) is 12.0 Å². The third-order valence-electron chi connectivity index (χ3n) is 10.3. The van der Waals surface area contributed by atoms with Crippen molar-refractivity contribution in [1.82, 2.24) is 10.6 Å². The van der Waals surface area contributed by atoms with Crippen LogP contribution in [-0.4, -0.2) is 60.6 Å². The maximum Gasteiger partial charge on any atom is 0.309 e. The number of fused-ring (bicyclic) bond motifs is 2. The number of rotatable bonds is 11. The molecule has 5 rings (SSSR count). The summed E-state index contributed by atoms with van der Waals surface area (Å²) in [5, 5.41) is 27.2. The fourth-order valence-electron chi connectivity index (χ4n) is 7.34. The fourth-order valence-corrected chi connectivity index (χ4v) is 7.34. The first-order valence-electron chi connectivity index (χ1n) is 14.6. The van der Waals surface area contributed by atoms with E-state index in [4.69, 9.17) is 14.2 Å². The molecule has 0 aliphatic heterocycles. The SMILES string of the molecule is COc1cc(F)c(OC2CCC(C)(C(=O)O)CC2)cc1C(O)N[C@@H]1[C@H]2CC[C@H](C2)[C@@H]1C(=O)NCC1(OC)CCC1. The van der Waals surface area contributed by atoms with Crippen molar-refractivity contribution in [1.29, 1.82) is 0 Å². The van der Waals surface area contributed by atoms with Crippen LogP contribution in [0.3, 0.4) is 0 Å². The Morgan fingerprint density at radius 3 is 2.38 bits per heavy atom. The van der Waals surface area contributed by atoms with Gasteiger partial charge in [-0.25, -0.2) is 4.39 Å². The van der Waals surface area contributed by atoms with Crippen LogP contribution in [0.2, 0.25) is 0 Å². The molecule has 4 fully saturated rings. The smallest absolute Gasteiger partial charge is 0.309 e. The quantitative estimate of drug-likeness (QED) is 0.299. The van der Waals surface area contributed by atoms with Crippen molar-refractivity contribution in [2.45, 2.75) is 95.1 Å². The average Bonchev–Trinajstić information content (AvgIpc) is 3.52. The highest BCUT2D eigenvalue weighted by atomic mass is 19.1. The van der Waals surface area contributed by atoms with E-state index in [2.05, 4.69) is 10.6 Å². The number of hydrogen-bond donors (Lipinski definition) is 4. The maximum absolute atomic E-state index is 15.0. The standard InChI is InChI=1S/C30H43FN2O7/c1-29(28(36)37)11-7-19(8-12-29)40-23-14-20(22(38-2)15-21(23)31)26(34)33-25-18-6-5-17(13-18)24(25)27(35)32-16-30(39-3)9-4-10-30/h14-15,17-19,24-26,33-34H,4-13,16H2,1-3H3,(H,32,35)(H,36,37)/t17-,18+,19?,24+,25-,26?,29?/m1/s1. The first-order valence-corrected chi connectivity index (χ1v) is 14.6. The van der Waals surface area contributed by atoms with Crippen LogP contribution in [0.1, 0.15) is 82.9 Å². The molecular formula is C30H43FN2O7. The van der Waals surface area contributed by atoms with Crippen molar-refractivity contribution < 1.29 is 38.4 Å². The Hall–Kier alpha value is -2.43. The fraction of sp³-hybridized carbons (Fsp3) is 0.733. The summed E-state index contributed by atoms with van der Waals surface area (Å²) < 4.78 is 32.0. The summed E-state index contributed by atoms with van der Waals surface area (Å²) >= 11 is 0. The molecule has 1 amide bonds. The molecule has 1 aromatic carbocycles. The van der Waals surface area contributed by atoms with Gasteiger partial charge in [0.05, 0.1) is 30.1 Å². The normalized spacial score (nSPS) is 33.2. The van der Waals surface area contributed by atoms with Gasteiger partial charge in [-0.15, -0.1) is 0 Å². The van der Waals surface area contributed by atoms with E-state index in [1.807, 2.05) is 0 Å². The largest absolute Gasteiger partial charge is 0.496 e. The van der Waals surface area contributed by atoms with Gasteiger partial charge in [0.15, 0.2) is 11.6 Å². The third kappa shape index (κ3) is 5.54. The van der Waals surface area contributed by atoms with Gasteiger partial charge < -0.3 is 29.7 Å². The number of hydrogen-bond acceptors (Lipinski definition) is 7. The van der Waals surface area contributed by atoms with Gasteiger partial charge in [0.2, 0.25) is 5.91 Å². The number of halogens is 1. The predicted octanol–water partition coefficient (Wildman–Crippen LogP) is 3.93. The summed E-state index contributed by atoms with van der Waals surface area (Å²) in [6.45, 7) is 2.22. The van der Waals surface area contributed by atoms with Crippen LogP contribution < -0.4 is 20.1 Å². The summed E-state index contributed by atoms with van der Waals surface area (Å²) in [7, 11) is 3.11. The predicted molar refractivity (Wildman–Crippen MR) is 144 cm³/mol. The van der Waals surface area contributed by atoms with E-state index in [1.54, 1.807) is 14.0 Å². The molecule has 222 valence electrons. The zero-order chi connectivity index (χ0) is 28.7. The molecule has 4 aliphatic rings. The molecule has 4 N–H and O–H groups in total. The molecule has 4 aliphatic carbocycles. The molecule has 9 nitrogen and oxygen atoms in total. The van der Waals surface area contributed by atoms with Gasteiger partial charge in [-0.05, 0) is 89.0 Å². The molecule has 0 spiro atoms. The second-order valence-electron chi connectivity index (χ2n) is 12.6. The van der Waals surface area contributed by atoms with Crippen LogP contribution in [0.15, 0.2) is 12.1 Å². The van der Waals surface area contributed by atoms with Gasteiger partial charge >= 0.3 is 5.97 Å². The van der Waals surface area contributed by atoms with Gasteiger partial charge in [-0.2, -0.15) is 0 Å². The van der Waals surface area contributed by atoms with Crippen LogP contribution in [0.4, 0.5) is 4.39 Å². The average molecular weight is 563 g/mol. The molecule has 1 aromatic rings. The van der Waals surface area contributed by atoms with Crippen molar-refractivity contribution >= 4 is 11.9 Å². The Labute approximate surface area is 235 Å². The molecular weight excluding hydrogens is 519 g/mol. The van der Waals surface area contributed by atoms with Crippen LogP contribution in [0.5, 0.6) is 11.5 Å². The summed E-state index contributed by atoms with van der Waals surface area (Å²) in [4.78, 5) is 24.9. The van der Waals surface area contributed by atoms with E-state index in [9.17, 15) is 24.2 Å². The minimum Gasteiger partial charge on any atom is -0.496 e. The molecule has 0 aromatic heterocycles. The Balaban J connectivity index is 1.28. The van der Waals surface area contributed by atoms with E-state index in [1.165, 1.54) is 19.2 Å². The number of carboxylic acids is 1. The maximum atomic E-state index is 15.0. The highest BCUT2D eigenvalue weighted by Gasteiger charge is 2.52. The second kappa shape index (κ2) is 11.4. The monoisotopic (exact) mass is 562 g/mol. The summed E-state index contributed by atoms with van der Waals surface area (Å²) in [5.74, 6) is -1.02. The third-order valence-corrected chi connectivity index (χ3v) is 10.3. The molecule has 5 atom stereocenters. The number of nitrogens with one attached hydrogen (secondary N) is 2. The number of aliphatic hydroxyl groups is 1. The number of carbonyl (C=O) groups is 2. The number of aliphatic hydroxyl groups excluding tert-OH is 1. The first kappa shape index (κ1) is 29.1. The molecule has 0 heterocycles. The van der Waals surface area contributed by atoms with Gasteiger partial charge in [-0.1, -0.05) is 0 Å². The highest BCUT2D eigenvalue weighted by Crippen LogP contribution is 2.49. The Kier molecular flexibility index (Phi) is 8.32. The zero-order valence-corrected chi connectivity index (χ0v) is 23.7. The lowest BCUT2D eigenvalue weighted by Crippen LogP contribution is -2.54.